The Morgan fingerprint density at radius 2 is 2.29 bits per heavy atom. The van der Waals surface area contributed by atoms with Gasteiger partial charge in [-0.05, 0) is 19.1 Å². The summed E-state index contributed by atoms with van der Waals surface area (Å²) in [5.41, 5.74) is -0.198. The topological polar surface area (TPSA) is 114 Å². The smallest absolute Gasteiger partial charge is 0.342 e. The van der Waals surface area contributed by atoms with Crippen molar-refractivity contribution in [2.75, 3.05) is 11.3 Å². The molecule has 0 unspecified atom stereocenters. The number of nitrogens with one attached hydrogen (secondary N) is 2. The van der Waals surface area contributed by atoms with Crippen LogP contribution in [0.3, 0.4) is 0 Å². The molecule has 0 spiro atoms. The number of rotatable bonds is 5. The molecule has 0 atom stereocenters. The molecule has 0 aliphatic heterocycles. The van der Waals surface area contributed by atoms with Gasteiger partial charge in [0.15, 0.2) is 10.8 Å². The van der Waals surface area contributed by atoms with Crippen molar-refractivity contribution < 1.29 is 17.9 Å². The number of aromatic nitrogens is 3. The highest BCUT2D eigenvalue weighted by molar-refractivity contribution is 7.92. The van der Waals surface area contributed by atoms with Gasteiger partial charge in [0.05, 0.1) is 17.8 Å². The second-order valence-electron chi connectivity index (χ2n) is 3.77. The van der Waals surface area contributed by atoms with Crippen molar-refractivity contribution in [3.05, 3.63) is 35.1 Å². The molecule has 10 heteroatoms. The van der Waals surface area contributed by atoms with Crippen LogP contribution < -0.4 is 4.72 Å². The van der Waals surface area contributed by atoms with E-state index in [0.29, 0.717) is 0 Å². The molecular formula is C11H11ClN4O4S. The van der Waals surface area contributed by atoms with Gasteiger partial charge in [-0.1, -0.05) is 11.6 Å². The molecule has 0 saturated carbocycles. The van der Waals surface area contributed by atoms with E-state index in [2.05, 4.69) is 19.9 Å². The summed E-state index contributed by atoms with van der Waals surface area (Å²) in [5.74, 6) is -0.845. The van der Waals surface area contributed by atoms with Crippen molar-refractivity contribution in [3.63, 3.8) is 0 Å². The van der Waals surface area contributed by atoms with E-state index < -0.39 is 21.0 Å². The first-order chi connectivity index (χ1) is 9.95. The Morgan fingerprint density at radius 3 is 2.95 bits per heavy atom. The predicted octanol–water partition coefficient (Wildman–Crippen LogP) is 1.44. The summed E-state index contributed by atoms with van der Waals surface area (Å²) >= 11 is 5.84. The number of H-pyrrole nitrogens is 1. The van der Waals surface area contributed by atoms with E-state index in [-0.39, 0.29) is 23.0 Å². The number of ether oxygens (including phenoxy) is 1. The highest BCUT2D eigenvalue weighted by Gasteiger charge is 2.26. The SMILES string of the molecule is CCOC(=O)c1cn[nH]c1S(=O)(=O)Nc1ncccc1Cl. The van der Waals surface area contributed by atoms with Gasteiger partial charge in [0.1, 0.15) is 5.56 Å². The molecule has 112 valence electrons. The summed E-state index contributed by atoms with van der Waals surface area (Å²) in [6.45, 7) is 1.72. The quantitative estimate of drug-likeness (QED) is 0.802. The van der Waals surface area contributed by atoms with E-state index in [1.807, 2.05) is 0 Å². The van der Waals surface area contributed by atoms with Crippen LogP contribution in [0.25, 0.3) is 0 Å². The number of anilines is 1. The maximum Gasteiger partial charge on any atom is 0.342 e. The first-order valence-corrected chi connectivity index (χ1v) is 7.65. The van der Waals surface area contributed by atoms with Crippen molar-refractivity contribution in [3.8, 4) is 0 Å². The number of carbonyl (C=O) groups excluding carboxylic acids is 1. The normalized spacial score (nSPS) is 11.1. The number of pyridine rings is 1. The van der Waals surface area contributed by atoms with E-state index in [4.69, 9.17) is 16.3 Å². The fourth-order valence-corrected chi connectivity index (χ4v) is 2.81. The lowest BCUT2D eigenvalue weighted by Gasteiger charge is -2.08. The average molecular weight is 331 g/mol. The van der Waals surface area contributed by atoms with Crippen molar-refractivity contribution in [2.24, 2.45) is 0 Å². The van der Waals surface area contributed by atoms with Crippen molar-refractivity contribution in [2.45, 2.75) is 11.9 Å². The van der Waals surface area contributed by atoms with Crippen LogP contribution in [0.15, 0.2) is 29.6 Å². The van der Waals surface area contributed by atoms with Crippen LogP contribution in [0.5, 0.6) is 0 Å². The largest absolute Gasteiger partial charge is 0.462 e. The van der Waals surface area contributed by atoms with Crippen LogP contribution in [0.1, 0.15) is 17.3 Å². The Hall–Kier alpha value is -2.13. The van der Waals surface area contributed by atoms with E-state index >= 15 is 0 Å². The molecule has 2 heterocycles. The Bertz CT molecular complexity index is 759. The Kier molecular flexibility index (Phi) is 4.43. The van der Waals surface area contributed by atoms with Crippen LogP contribution >= 0.6 is 11.6 Å². The Balaban J connectivity index is 2.35. The molecule has 0 aliphatic carbocycles. The average Bonchev–Trinajstić information content (AvgIpc) is 2.92. The second-order valence-corrected chi connectivity index (χ2v) is 5.80. The maximum absolute atomic E-state index is 12.3. The highest BCUT2D eigenvalue weighted by atomic mass is 35.5. The maximum atomic E-state index is 12.3. The third kappa shape index (κ3) is 3.31. The van der Waals surface area contributed by atoms with Crippen LogP contribution in [0, 0.1) is 0 Å². The Morgan fingerprint density at radius 1 is 1.52 bits per heavy atom. The number of halogens is 1. The van der Waals surface area contributed by atoms with Crippen LogP contribution in [-0.4, -0.2) is 36.2 Å². The first kappa shape index (κ1) is 15.3. The summed E-state index contributed by atoms with van der Waals surface area (Å²) in [6, 6.07) is 3.03. The van der Waals surface area contributed by atoms with Crippen LogP contribution in [-0.2, 0) is 14.8 Å². The summed E-state index contributed by atoms with van der Waals surface area (Å²) in [5, 5.41) is 5.52. The Labute approximate surface area is 125 Å². The number of carbonyl (C=O) groups is 1. The number of hydrogen-bond donors (Lipinski definition) is 2. The molecule has 21 heavy (non-hydrogen) atoms. The predicted molar refractivity (Wildman–Crippen MR) is 74.6 cm³/mol. The highest BCUT2D eigenvalue weighted by Crippen LogP contribution is 2.22. The minimum absolute atomic E-state index is 0.0522. The molecule has 0 bridgehead atoms. The standard InChI is InChI=1S/C11H11ClN4O4S/c1-2-20-11(17)7-6-14-15-10(7)21(18,19)16-9-8(12)4-3-5-13-9/h3-6H,2H2,1H3,(H,13,16)(H,14,15). The summed E-state index contributed by atoms with van der Waals surface area (Å²) in [6.07, 6.45) is 2.45. The number of aromatic amines is 1. The van der Waals surface area contributed by atoms with Gasteiger partial charge < -0.3 is 4.74 Å². The van der Waals surface area contributed by atoms with E-state index in [9.17, 15) is 13.2 Å². The van der Waals surface area contributed by atoms with E-state index in [1.165, 1.54) is 12.3 Å². The minimum Gasteiger partial charge on any atom is -0.462 e. The van der Waals surface area contributed by atoms with Crippen molar-refractivity contribution in [1.29, 1.82) is 0 Å². The molecule has 2 aromatic rings. The number of sulfonamides is 1. The van der Waals surface area contributed by atoms with Crippen LogP contribution in [0.2, 0.25) is 5.02 Å². The summed E-state index contributed by atoms with van der Waals surface area (Å²) < 4.78 is 31.5. The lowest BCUT2D eigenvalue weighted by molar-refractivity contribution is 0.0522. The zero-order valence-corrected chi connectivity index (χ0v) is 12.4. The van der Waals surface area contributed by atoms with Crippen LogP contribution in [0.4, 0.5) is 5.82 Å². The fraction of sp³-hybridized carbons (Fsp3) is 0.182. The monoisotopic (exact) mass is 330 g/mol. The zero-order valence-electron chi connectivity index (χ0n) is 10.8. The number of esters is 1. The van der Waals surface area contributed by atoms with Gasteiger partial charge in [0.25, 0.3) is 10.0 Å². The van der Waals surface area contributed by atoms with Gasteiger partial charge in [-0.3, -0.25) is 9.82 Å². The molecule has 0 aliphatic rings. The summed E-state index contributed by atoms with van der Waals surface area (Å²) in [7, 11) is -4.10. The molecule has 0 radical (unpaired) electrons. The van der Waals surface area contributed by atoms with Gasteiger partial charge in [-0.25, -0.2) is 9.78 Å². The zero-order chi connectivity index (χ0) is 15.5. The van der Waals surface area contributed by atoms with Gasteiger partial charge in [-0.15, -0.1) is 0 Å². The molecule has 0 amide bonds. The molecule has 0 saturated heterocycles. The van der Waals surface area contributed by atoms with E-state index in [0.717, 1.165) is 6.20 Å². The fourth-order valence-electron chi connectivity index (χ4n) is 1.47. The molecule has 2 rings (SSSR count). The second kappa shape index (κ2) is 6.10. The minimum atomic E-state index is -4.10. The number of nitrogens with zero attached hydrogens (tertiary/aromatic N) is 2. The first-order valence-electron chi connectivity index (χ1n) is 5.79. The molecule has 8 nitrogen and oxygen atoms in total. The third-order valence-electron chi connectivity index (χ3n) is 2.36. The molecule has 0 fully saturated rings. The molecule has 2 aromatic heterocycles. The van der Waals surface area contributed by atoms with E-state index in [1.54, 1.807) is 13.0 Å². The van der Waals surface area contributed by atoms with Crippen molar-refractivity contribution >= 4 is 33.4 Å². The van der Waals surface area contributed by atoms with Gasteiger partial charge in [0.2, 0.25) is 0 Å². The molecular weight excluding hydrogens is 320 g/mol. The summed E-state index contributed by atoms with van der Waals surface area (Å²) in [4.78, 5) is 15.5. The van der Waals surface area contributed by atoms with Gasteiger partial charge in [-0.2, -0.15) is 13.5 Å². The number of hydrogen-bond acceptors (Lipinski definition) is 6. The van der Waals surface area contributed by atoms with Gasteiger partial charge >= 0.3 is 5.97 Å². The van der Waals surface area contributed by atoms with Gasteiger partial charge in [0, 0.05) is 6.20 Å². The lowest BCUT2D eigenvalue weighted by Crippen LogP contribution is -2.18. The lowest BCUT2D eigenvalue weighted by atomic mass is 10.4. The third-order valence-corrected chi connectivity index (χ3v) is 3.97. The van der Waals surface area contributed by atoms with Crippen molar-refractivity contribution in [1.82, 2.24) is 15.2 Å². The molecule has 0 aromatic carbocycles. The molecule has 2 N–H and O–H groups in total.